The number of fused-ring (bicyclic) bond motifs is 1. The van der Waals surface area contributed by atoms with Crippen molar-refractivity contribution in [3.8, 4) is 0 Å². The van der Waals surface area contributed by atoms with Crippen LogP contribution in [0, 0.1) is 0 Å². The van der Waals surface area contributed by atoms with Gasteiger partial charge in [-0.2, -0.15) is 0 Å². The lowest BCUT2D eigenvalue weighted by Crippen LogP contribution is -2.22. The molecule has 2 rings (SSSR count). The molecule has 1 N–H and O–H groups in total. The summed E-state index contributed by atoms with van der Waals surface area (Å²) in [7, 11) is 0. The van der Waals surface area contributed by atoms with Crippen LogP contribution in [-0.4, -0.2) is 16.7 Å². The second-order valence-corrected chi connectivity index (χ2v) is 6.61. The van der Waals surface area contributed by atoms with Crippen LogP contribution in [0.3, 0.4) is 0 Å². The molecule has 0 fully saturated rings. The largest absolute Gasteiger partial charge is 0.504 e. The van der Waals surface area contributed by atoms with Crippen molar-refractivity contribution in [2.45, 2.75) is 71.1 Å². The van der Waals surface area contributed by atoms with E-state index in [1.165, 1.54) is 38.5 Å². The molecule has 1 aliphatic carbocycles. The molecule has 0 amide bonds. The van der Waals surface area contributed by atoms with Gasteiger partial charge in [0.2, 0.25) is 5.78 Å². The van der Waals surface area contributed by atoms with E-state index in [0.29, 0.717) is 23.1 Å². The zero-order valence-corrected chi connectivity index (χ0v) is 14.6. The Morgan fingerprint density at radius 2 is 1.25 bits per heavy atom. The summed E-state index contributed by atoms with van der Waals surface area (Å²) >= 11 is 0. The van der Waals surface area contributed by atoms with Crippen LogP contribution in [0.1, 0.15) is 91.8 Å². The van der Waals surface area contributed by atoms with Gasteiger partial charge in [0, 0.05) is 16.7 Å². The van der Waals surface area contributed by atoms with Crippen molar-refractivity contribution in [3.63, 3.8) is 0 Å². The third-order valence-corrected chi connectivity index (χ3v) is 4.72. The van der Waals surface area contributed by atoms with Crippen LogP contribution in [-0.2, 0) is 0 Å². The van der Waals surface area contributed by atoms with Gasteiger partial charge in [-0.1, -0.05) is 82.6 Å². The van der Waals surface area contributed by atoms with E-state index in [2.05, 4.69) is 6.92 Å². The van der Waals surface area contributed by atoms with E-state index in [9.17, 15) is 14.7 Å². The van der Waals surface area contributed by atoms with Gasteiger partial charge >= 0.3 is 0 Å². The maximum atomic E-state index is 12.5. The third-order valence-electron chi connectivity index (χ3n) is 4.72. The molecule has 1 aromatic rings. The van der Waals surface area contributed by atoms with Crippen LogP contribution in [0.15, 0.2) is 35.6 Å². The highest BCUT2D eigenvalue weighted by atomic mass is 16.3. The fourth-order valence-electron chi connectivity index (χ4n) is 3.26. The normalized spacial score (nSPS) is 14.2. The minimum absolute atomic E-state index is 0.192. The number of aliphatic hydroxyl groups excluding tert-OH is 1. The first kappa shape index (κ1) is 18.4. The topological polar surface area (TPSA) is 54.4 Å². The van der Waals surface area contributed by atoms with E-state index < -0.39 is 5.78 Å². The summed E-state index contributed by atoms with van der Waals surface area (Å²) < 4.78 is 0. The SMILES string of the molecule is CCCCCCCCCCCC1=C(O)C(=O)c2ccccc2C1=O. The van der Waals surface area contributed by atoms with E-state index in [1.807, 2.05) is 0 Å². The summed E-state index contributed by atoms with van der Waals surface area (Å²) in [5, 5.41) is 10.1. The molecule has 0 spiro atoms. The van der Waals surface area contributed by atoms with Crippen molar-refractivity contribution in [2.24, 2.45) is 0 Å². The Hall–Kier alpha value is -1.90. The molecule has 0 radical (unpaired) electrons. The molecule has 3 heteroatoms. The predicted molar refractivity (Wildman–Crippen MR) is 96.6 cm³/mol. The molecule has 1 aliphatic rings. The van der Waals surface area contributed by atoms with Gasteiger partial charge in [-0.25, -0.2) is 0 Å². The van der Waals surface area contributed by atoms with E-state index in [0.717, 1.165) is 19.3 Å². The number of carbonyl (C=O) groups excluding carboxylic acids is 2. The highest BCUT2D eigenvalue weighted by Crippen LogP contribution is 2.28. The number of allylic oxidation sites excluding steroid dienone is 2. The molecule has 0 saturated carbocycles. The Kier molecular flexibility index (Phi) is 7.23. The van der Waals surface area contributed by atoms with Gasteiger partial charge in [0.1, 0.15) is 0 Å². The van der Waals surface area contributed by atoms with Gasteiger partial charge < -0.3 is 5.11 Å². The molecule has 0 saturated heterocycles. The van der Waals surface area contributed by atoms with Crippen LogP contribution >= 0.6 is 0 Å². The maximum absolute atomic E-state index is 12.5. The Balaban J connectivity index is 1.78. The smallest absolute Gasteiger partial charge is 0.228 e. The Bertz CT molecular complexity index is 613. The van der Waals surface area contributed by atoms with Crippen molar-refractivity contribution >= 4 is 11.6 Å². The number of carbonyl (C=O) groups is 2. The number of Topliss-reactive ketones (excluding diaryl/α,β-unsaturated/α-hetero) is 2. The molecule has 0 unspecified atom stereocenters. The van der Waals surface area contributed by atoms with Gasteiger partial charge in [-0.3, -0.25) is 9.59 Å². The molecule has 0 aromatic heterocycles. The fraction of sp³-hybridized carbons (Fsp3) is 0.524. The molecule has 130 valence electrons. The lowest BCUT2D eigenvalue weighted by atomic mass is 9.86. The van der Waals surface area contributed by atoms with Gasteiger partial charge in [-0.15, -0.1) is 0 Å². The van der Waals surface area contributed by atoms with E-state index >= 15 is 0 Å². The number of hydrogen-bond donors (Lipinski definition) is 1. The highest BCUT2D eigenvalue weighted by molar-refractivity contribution is 6.25. The van der Waals surface area contributed by atoms with Crippen molar-refractivity contribution in [1.82, 2.24) is 0 Å². The Labute approximate surface area is 144 Å². The molecule has 0 atom stereocenters. The van der Waals surface area contributed by atoms with Crippen molar-refractivity contribution in [1.29, 1.82) is 0 Å². The highest BCUT2D eigenvalue weighted by Gasteiger charge is 2.31. The first-order chi connectivity index (χ1) is 11.7. The zero-order chi connectivity index (χ0) is 17.4. The second-order valence-electron chi connectivity index (χ2n) is 6.61. The number of hydrogen-bond acceptors (Lipinski definition) is 3. The van der Waals surface area contributed by atoms with Crippen LogP contribution in [0.4, 0.5) is 0 Å². The minimum Gasteiger partial charge on any atom is -0.504 e. The molecule has 0 bridgehead atoms. The quantitative estimate of drug-likeness (QED) is 0.552. The van der Waals surface area contributed by atoms with Crippen LogP contribution in [0.25, 0.3) is 0 Å². The average molecular weight is 328 g/mol. The van der Waals surface area contributed by atoms with Crippen LogP contribution < -0.4 is 0 Å². The van der Waals surface area contributed by atoms with Crippen LogP contribution in [0.5, 0.6) is 0 Å². The van der Waals surface area contributed by atoms with Gasteiger partial charge in [-0.05, 0) is 12.8 Å². The molecule has 24 heavy (non-hydrogen) atoms. The summed E-state index contributed by atoms with van der Waals surface area (Å²) in [6, 6.07) is 6.73. The average Bonchev–Trinajstić information content (AvgIpc) is 2.61. The van der Waals surface area contributed by atoms with Gasteiger partial charge in [0.05, 0.1) is 0 Å². The number of unbranched alkanes of at least 4 members (excludes halogenated alkanes) is 8. The zero-order valence-electron chi connectivity index (χ0n) is 14.6. The van der Waals surface area contributed by atoms with Crippen molar-refractivity contribution in [3.05, 3.63) is 46.7 Å². The number of rotatable bonds is 10. The lowest BCUT2D eigenvalue weighted by molar-refractivity contribution is 0.0926. The maximum Gasteiger partial charge on any atom is 0.228 e. The van der Waals surface area contributed by atoms with Crippen LogP contribution in [0.2, 0.25) is 0 Å². The Morgan fingerprint density at radius 1 is 0.750 bits per heavy atom. The molecule has 1 aromatic carbocycles. The minimum atomic E-state index is -0.420. The van der Waals surface area contributed by atoms with Crippen molar-refractivity contribution < 1.29 is 14.7 Å². The second kappa shape index (κ2) is 9.41. The fourth-order valence-corrected chi connectivity index (χ4v) is 3.26. The molecule has 3 nitrogen and oxygen atoms in total. The summed E-state index contributed by atoms with van der Waals surface area (Å²) in [5.74, 6) is -0.961. The van der Waals surface area contributed by atoms with Crippen molar-refractivity contribution in [2.75, 3.05) is 0 Å². The first-order valence-electron chi connectivity index (χ1n) is 9.27. The van der Waals surface area contributed by atoms with Gasteiger partial charge in [0.15, 0.2) is 11.5 Å². The number of ketones is 2. The monoisotopic (exact) mass is 328 g/mol. The summed E-state index contributed by atoms with van der Waals surface area (Å²) in [4.78, 5) is 24.6. The first-order valence-corrected chi connectivity index (χ1v) is 9.27. The third kappa shape index (κ3) is 4.56. The predicted octanol–water partition coefficient (Wildman–Crippen LogP) is 5.80. The molecule has 0 heterocycles. The number of benzene rings is 1. The Morgan fingerprint density at radius 3 is 1.83 bits per heavy atom. The van der Waals surface area contributed by atoms with E-state index in [1.54, 1.807) is 24.3 Å². The lowest BCUT2D eigenvalue weighted by Gasteiger charge is -2.17. The summed E-state index contributed by atoms with van der Waals surface area (Å²) in [6.45, 7) is 2.22. The van der Waals surface area contributed by atoms with E-state index in [4.69, 9.17) is 0 Å². The van der Waals surface area contributed by atoms with E-state index in [-0.39, 0.29) is 11.5 Å². The van der Waals surface area contributed by atoms with Gasteiger partial charge in [0.25, 0.3) is 0 Å². The number of aliphatic hydroxyl groups is 1. The molecule has 0 aliphatic heterocycles. The molecular formula is C21H28O3. The summed E-state index contributed by atoms with van der Waals surface area (Å²) in [6.07, 6.45) is 11.3. The summed E-state index contributed by atoms with van der Waals surface area (Å²) in [5.41, 5.74) is 1.03. The molecular weight excluding hydrogens is 300 g/mol. The standard InChI is InChI=1S/C21H28O3/c1-2-3-4-5-6-7-8-9-10-15-18-19(22)16-13-11-12-14-17(16)20(23)21(18)24/h11-14,24H,2-10,15H2,1H3.